The lowest BCUT2D eigenvalue weighted by molar-refractivity contribution is -0.133. The van der Waals surface area contributed by atoms with Gasteiger partial charge >= 0.3 is 0 Å². The summed E-state index contributed by atoms with van der Waals surface area (Å²) in [5.74, 6) is 0.325. The zero-order valence-corrected chi connectivity index (χ0v) is 16.4. The quantitative estimate of drug-likeness (QED) is 0.863. The number of halogens is 1. The topological polar surface area (TPSA) is 52.7 Å². The number of thiophene rings is 2. The standard InChI is InChI=1S/C17H21N3O2S2.ClH/c21-16(10-12-2-1-4-18-12)19-5-7-20(8-6-19)17(22)15-11-14-13(24-15)3-9-23-14;/h3,9,11-12,18H,1-2,4-8,10H2;1H. The second-order valence-corrected chi connectivity index (χ2v) is 8.46. The molecule has 2 aromatic rings. The summed E-state index contributed by atoms with van der Waals surface area (Å²) in [4.78, 5) is 29.6. The van der Waals surface area contributed by atoms with Crippen LogP contribution in [0, 0.1) is 0 Å². The minimum absolute atomic E-state index is 0. The van der Waals surface area contributed by atoms with Crippen LogP contribution in [0.2, 0.25) is 0 Å². The molecule has 0 bridgehead atoms. The lowest BCUT2D eigenvalue weighted by Crippen LogP contribution is -2.51. The monoisotopic (exact) mass is 399 g/mol. The number of hydrogen-bond acceptors (Lipinski definition) is 5. The first-order chi connectivity index (χ1) is 11.7. The molecule has 4 heterocycles. The minimum atomic E-state index is 0. The number of piperazine rings is 1. The van der Waals surface area contributed by atoms with Gasteiger partial charge in [-0.05, 0) is 36.9 Å². The second-order valence-electron chi connectivity index (χ2n) is 6.43. The number of hydrogen-bond donors (Lipinski definition) is 1. The Hall–Kier alpha value is -1.15. The van der Waals surface area contributed by atoms with Crippen molar-refractivity contribution in [3.8, 4) is 0 Å². The third-order valence-electron chi connectivity index (χ3n) is 4.85. The van der Waals surface area contributed by atoms with Gasteiger partial charge in [-0.25, -0.2) is 0 Å². The Morgan fingerprint density at radius 1 is 1.16 bits per heavy atom. The minimum Gasteiger partial charge on any atom is -0.339 e. The molecular formula is C17H22ClN3O2S2. The van der Waals surface area contributed by atoms with Crippen LogP contribution in [0.5, 0.6) is 0 Å². The van der Waals surface area contributed by atoms with Crippen molar-refractivity contribution in [2.24, 2.45) is 0 Å². The van der Waals surface area contributed by atoms with E-state index in [4.69, 9.17) is 0 Å². The summed E-state index contributed by atoms with van der Waals surface area (Å²) in [6.45, 7) is 3.59. The molecule has 1 unspecified atom stereocenters. The van der Waals surface area contributed by atoms with Crippen molar-refractivity contribution in [1.82, 2.24) is 15.1 Å². The summed E-state index contributed by atoms with van der Waals surface area (Å²) < 4.78 is 2.36. The highest BCUT2D eigenvalue weighted by Crippen LogP contribution is 2.30. The molecule has 2 amide bonds. The van der Waals surface area contributed by atoms with Crippen molar-refractivity contribution >= 4 is 56.3 Å². The summed E-state index contributed by atoms with van der Waals surface area (Å²) in [6.07, 6.45) is 2.85. The first-order valence-electron chi connectivity index (χ1n) is 8.48. The molecular weight excluding hydrogens is 378 g/mol. The number of amides is 2. The van der Waals surface area contributed by atoms with Crippen LogP contribution in [0.1, 0.15) is 28.9 Å². The van der Waals surface area contributed by atoms with Crippen molar-refractivity contribution in [2.45, 2.75) is 25.3 Å². The van der Waals surface area contributed by atoms with Gasteiger partial charge in [-0.15, -0.1) is 35.1 Å². The van der Waals surface area contributed by atoms with Crippen LogP contribution in [0.4, 0.5) is 0 Å². The van der Waals surface area contributed by atoms with E-state index in [2.05, 4.69) is 16.8 Å². The third-order valence-corrected chi connectivity index (χ3v) is 6.93. The van der Waals surface area contributed by atoms with Gasteiger partial charge in [0.25, 0.3) is 5.91 Å². The van der Waals surface area contributed by atoms with E-state index < -0.39 is 0 Å². The van der Waals surface area contributed by atoms with Crippen LogP contribution in [0.25, 0.3) is 9.40 Å². The Bertz CT molecular complexity index is 717. The molecule has 4 rings (SSSR count). The van der Waals surface area contributed by atoms with Gasteiger partial charge in [0.05, 0.1) is 4.88 Å². The molecule has 0 saturated carbocycles. The summed E-state index contributed by atoms with van der Waals surface area (Å²) >= 11 is 3.24. The molecule has 1 N–H and O–H groups in total. The SMILES string of the molecule is Cl.O=C(CC1CCCN1)N1CCN(C(=O)c2cc3sccc3s2)CC1. The molecule has 2 fully saturated rings. The molecule has 5 nitrogen and oxygen atoms in total. The summed E-state index contributed by atoms with van der Waals surface area (Å²) in [5, 5.41) is 5.43. The Kier molecular flexibility index (Phi) is 5.99. The number of carbonyl (C=O) groups is 2. The zero-order valence-electron chi connectivity index (χ0n) is 13.9. The van der Waals surface area contributed by atoms with Crippen molar-refractivity contribution in [3.05, 3.63) is 22.4 Å². The smallest absolute Gasteiger partial charge is 0.264 e. The number of nitrogens with one attached hydrogen (secondary N) is 1. The van der Waals surface area contributed by atoms with E-state index in [0.29, 0.717) is 38.6 Å². The number of rotatable bonds is 3. The average Bonchev–Trinajstić information content (AvgIpc) is 3.31. The van der Waals surface area contributed by atoms with Gasteiger partial charge in [0.15, 0.2) is 0 Å². The number of carbonyl (C=O) groups excluding carboxylic acids is 2. The molecule has 2 aliphatic rings. The Morgan fingerprint density at radius 2 is 1.92 bits per heavy atom. The van der Waals surface area contributed by atoms with E-state index >= 15 is 0 Å². The first kappa shape index (κ1) is 18.6. The number of fused-ring (bicyclic) bond motifs is 1. The molecule has 0 aliphatic carbocycles. The lowest BCUT2D eigenvalue weighted by atomic mass is 10.1. The fourth-order valence-corrected chi connectivity index (χ4v) is 5.53. The van der Waals surface area contributed by atoms with Crippen LogP contribution in [-0.4, -0.2) is 60.4 Å². The van der Waals surface area contributed by atoms with Crippen LogP contribution >= 0.6 is 35.1 Å². The fraction of sp³-hybridized carbons (Fsp3) is 0.529. The highest BCUT2D eigenvalue weighted by molar-refractivity contribution is 7.27. The maximum Gasteiger partial charge on any atom is 0.264 e. The highest BCUT2D eigenvalue weighted by Gasteiger charge is 2.27. The third kappa shape index (κ3) is 4.00. The van der Waals surface area contributed by atoms with Crippen LogP contribution in [0.3, 0.4) is 0 Å². The van der Waals surface area contributed by atoms with Gasteiger partial charge in [-0.2, -0.15) is 0 Å². The van der Waals surface area contributed by atoms with E-state index in [0.717, 1.165) is 17.8 Å². The van der Waals surface area contributed by atoms with Crippen molar-refractivity contribution < 1.29 is 9.59 Å². The molecule has 0 radical (unpaired) electrons. The largest absolute Gasteiger partial charge is 0.339 e. The Balaban J connectivity index is 0.00000182. The Labute approximate surface area is 161 Å². The van der Waals surface area contributed by atoms with Gasteiger partial charge in [0.1, 0.15) is 0 Å². The van der Waals surface area contributed by atoms with Crippen LogP contribution < -0.4 is 5.32 Å². The van der Waals surface area contributed by atoms with E-state index in [1.807, 2.05) is 15.9 Å². The predicted molar refractivity (Wildman–Crippen MR) is 105 cm³/mol. The van der Waals surface area contributed by atoms with E-state index in [9.17, 15) is 9.59 Å². The molecule has 136 valence electrons. The van der Waals surface area contributed by atoms with Crippen molar-refractivity contribution in [2.75, 3.05) is 32.7 Å². The second kappa shape index (κ2) is 8.03. The molecule has 8 heteroatoms. The summed E-state index contributed by atoms with van der Waals surface area (Å²) in [7, 11) is 0. The zero-order chi connectivity index (χ0) is 16.5. The van der Waals surface area contributed by atoms with Crippen LogP contribution in [-0.2, 0) is 4.79 Å². The van der Waals surface area contributed by atoms with E-state index in [1.54, 1.807) is 22.7 Å². The molecule has 2 aliphatic heterocycles. The maximum atomic E-state index is 12.7. The molecule has 0 aromatic carbocycles. The Morgan fingerprint density at radius 3 is 2.60 bits per heavy atom. The van der Waals surface area contributed by atoms with Gasteiger partial charge in [-0.3, -0.25) is 9.59 Å². The lowest BCUT2D eigenvalue weighted by Gasteiger charge is -2.35. The van der Waals surface area contributed by atoms with E-state index in [-0.39, 0.29) is 24.2 Å². The highest BCUT2D eigenvalue weighted by atomic mass is 35.5. The van der Waals surface area contributed by atoms with Gasteiger partial charge in [0.2, 0.25) is 5.91 Å². The summed E-state index contributed by atoms with van der Waals surface area (Å²) in [6, 6.07) is 4.40. The normalized spacial score (nSPS) is 20.7. The fourth-order valence-electron chi connectivity index (χ4n) is 3.46. The van der Waals surface area contributed by atoms with Gasteiger partial charge in [0, 0.05) is 48.0 Å². The molecule has 2 aromatic heterocycles. The predicted octanol–water partition coefficient (Wildman–Crippen LogP) is 2.81. The molecule has 2 saturated heterocycles. The summed E-state index contributed by atoms with van der Waals surface area (Å²) in [5.41, 5.74) is 0. The molecule has 0 spiro atoms. The van der Waals surface area contributed by atoms with Crippen molar-refractivity contribution in [3.63, 3.8) is 0 Å². The number of nitrogens with zero attached hydrogens (tertiary/aromatic N) is 2. The van der Waals surface area contributed by atoms with Crippen LogP contribution in [0.15, 0.2) is 17.5 Å². The first-order valence-corrected chi connectivity index (χ1v) is 10.2. The van der Waals surface area contributed by atoms with Crippen molar-refractivity contribution in [1.29, 1.82) is 0 Å². The average molecular weight is 400 g/mol. The van der Waals surface area contributed by atoms with Gasteiger partial charge in [-0.1, -0.05) is 0 Å². The molecule has 1 atom stereocenters. The maximum absolute atomic E-state index is 12.7. The van der Waals surface area contributed by atoms with Gasteiger partial charge < -0.3 is 15.1 Å². The van der Waals surface area contributed by atoms with E-state index in [1.165, 1.54) is 15.8 Å². The molecule has 25 heavy (non-hydrogen) atoms.